The van der Waals surface area contributed by atoms with Crippen molar-refractivity contribution >= 4 is 11.9 Å². The van der Waals surface area contributed by atoms with Crippen molar-refractivity contribution in [2.24, 2.45) is 0 Å². The van der Waals surface area contributed by atoms with Gasteiger partial charge in [0, 0.05) is 13.0 Å². The van der Waals surface area contributed by atoms with E-state index in [0.29, 0.717) is 13.0 Å². The number of carbonyl (C=O) groups excluding carboxylic acids is 1. The molecule has 5 nitrogen and oxygen atoms in total. The van der Waals surface area contributed by atoms with E-state index in [2.05, 4.69) is 12.0 Å². The maximum Gasteiger partial charge on any atom is 0.353 e. The number of allylic oxidation sites excluding steroid dienone is 2. The molecule has 1 rings (SSSR count). The molecule has 0 unspecified atom stereocenters. The average Bonchev–Trinajstić information content (AvgIpc) is 2.51. The molecule has 14 heavy (non-hydrogen) atoms. The Kier molecular flexibility index (Phi) is 3.28. The second-order valence-electron chi connectivity index (χ2n) is 2.88. The lowest BCUT2D eigenvalue weighted by Gasteiger charge is -2.17. The second-order valence-corrected chi connectivity index (χ2v) is 2.88. The van der Waals surface area contributed by atoms with Gasteiger partial charge in [-0.2, -0.15) is 0 Å². The summed E-state index contributed by atoms with van der Waals surface area (Å²) in [5.41, 5.74) is 2.49. The number of nitrogens with one attached hydrogen (secondary N) is 1. The van der Waals surface area contributed by atoms with Crippen LogP contribution in [-0.4, -0.2) is 28.5 Å². The monoisotopic (exact) mass is 196 g/mol. The van der Waals surface area contributed by atoms with Gasteiger partial charge in [0.05, 0.1) is 0 Å². The third-order valence-corrected chi connectivity index (χ3v) is 1.84. The van der Waals surface area contributed by atoms with Gasteiger partial charge in [0.2, 0.25) is 5.91 Å². The molecule has 76 valence electrons. The summed E-state index contributed by atoms with van der Waals surface area (Å²) in [6.07, 6.45) is 3.89. The van der Waals surface area contributed by atoms with Gasteiger partial charge in [0.1, 0.15) is 5.70 Å². The van der Waals surface area contributed by atoms with Crippen LogP contribution in [0.25, 0.3) is 0 Å². The molecule has 1 saturated heterocycles. The lowest BCUT2D eigenvalue weighted by molar-refractivity contribution is -0.135. The van der Waals surface area contributed by atoms with Crippen molar-refractivity contribution in [2.45, 2.75) is 12.8 Å². The Bertz CT molecular complexity index is 296. The zero-order valence-electron chi connectivity index (χ0n) is 7.69. The minimum atomic E-state index is -1.11. The number of hydrogen-bond donors (Lipinski definition) is 2. The summed E-state index contributed by atoms with van der Waals surface area (Å²) in [5.74, 6) is -1.19. The predicted octanol–water partition coefficient (Wildman–Crippen LogP) is 0.268. The number of rotatable bonds is 4. The molecule has 1 aliphatic heterocycles. The molecule has 0 aromatic heterocycles. The van der Waals surface area contributed by atoms with Gasteiger partial charge in [-0.05, 0) is 12.5 Å². The topological polar surface area (TPSA) is 69.6 Å². The van der Waals surface area contributed by atoms with Gasteiger partial charge < -0.3 is 5.11 Å². The highest BCUT2D eigenvalue weighted by Gasteiger charge is 2.22. The van der Waals surface area contributed by atoms with Crippen LogP contribution < -0.4 is 5.43 Å². The van der Waals surface area contributed by atoms with Gasteiger partial charge in [0.15, 0.2) is 0 Å². The van der Waals surface area contributed by atoms with Gasteiger partial charge in [-0.25, -0.2) is 4.79 Å². The Morgan fingerprint density at radius 2 is 2.36 bits per heavy atom. The molecule has 0 aromatic rings. The van der Waals surface area contributed by atoms with Crippen LogP contribution in [0.4, 0.5) is 0 Å². The molecule has 0 spiro atoms. The van der Waals surface area contributed by atoms with Gasteiger partial charge in [-0.1, -0.05) is 12.7 Å². The minimum Gasteiger partial charge on any atom is -0.477 e. The standard InChI is InChI=1S/C9H12N2O3/c1-2-4-7(9(13)14)10-11-6-3-5-8(11)12/h2,4,10H,1,3,5-6H2,(H,13,14). The number of hydrogen-bond acceptors (Lipinski definition) is 3. The van der Waals surface area contributed by atoms with E-state index in [1.54, 1.807) is 0 Å². The van der Waals surface area contributed by atoms with E-state index in [1.807, 2.05) is 0 Å². The first-order chi connectivity index (χ1) is 6.65. The Morgan fingerprint density at radius 3 is 2.79 bits per heavy atom. The zero-order chi connectivity index (χ0) is 10.6. The molecule has 1 aliphatic rings. The fourth-order valence-electron chi connectivity index (χ4n) is 1.19. The van der Waals surface area contributed by atoms with Gasteiger partial charge in [-0.15, -0.1) is 0 Å². The average molecular weight is 196 g/mol. The van der Waals surface area contributed by atoms with Crippen molar-refractivity contribution in [3.05, 3.63) is 24.4 Å². The van der Waals surface area contributed by atoms with Crippen LogP contribution in [0.15, 0.2) is 24.4 Å². The number of nitrogens with zero attached hydrogens (tertiary/aromatic N) is 1. The van der Waals surface area contributed by atoms with Crippen LogP contribution in [0.3, 0.4) is 0 Å². The summed E-state index contributed by atoms with van der Waals surface area (Å²) in [4.78, 5) is 21.8. The van der Waals surface area contributed by atoms with Gasteiger partial charge >= 0.3 is 5.97 Å². The van der Waals surface area contributed by atoms with Crippen molar-refractivity contribution in [1.82, 2.24) is 10.4 Å². The lowest BCUT2D eigenvalue weighted by Crippen LogP contribution is -2.40. The summed E-state index contributed by atoms with van der Waals surface area (Å²) in [7, 11) is 0. The Balaban J connectivity index is 2.64. The molecule has 0 atom stereocenters. The Morgan fingerprint density at radius 1 is 1.64 bits per heavy atom. The highest BCUT2D eigenvalue weighted by atomic mass is 16.4. The normalized spacial score (nSPS) is 17.0. The smallest absolute Gasteiger partial charge is 0.353 e. The molecule has 1 heterocycles. The second kappa shape index (κ2) is 4.45. The third-order valence-electron chi connectivity index (χ3n) is 1.84. The molecule has 0 radical (unpaired) electrons. The lowest BCUT2D eigenvalue weighted by atomic mass is 10.4. The molecular formula is C9H12N2O3. The van der Waals surface area contributed by atoms with Crippen LogP contribution in [0, 0.1) is 0 Å². The van der Waals surface area contributed by atoms with Crippen molar-refractivity contribution in [3.8, 4) is 0 Å². The van der Waals surface area contributed by atoms with Crippen LogP contribution in [0.5, 0.6) is 0 Å². The van der Waals surface area contributed by atoms with Crippen LogP contribution in [0.2, 0.25) is 0 Å². The summed E-state index contributed by atoms with van der Waals surface area (Å²) < 4.78 is 0. The first-order valence-corrected chi connectivity index (χ1v) is 4.28. The van der Waals surface area contributed by atoms with E-state index in [-0.39, 0.29) is 11.6 Å². The Hall–Kier alpha value is -1.78. The zero-order valence-corrected chi connectivity index (χ0v) is 7.69. The molecule has 0 bridgehead atoms. The number of aliphatic carboxylic acids is 1. The summed E-state index contributed by atoms with van der Waals surface area (Å²) in [6, 6.07) is 0. The molecule has 0 aliphatic carbocycles. The van der Waals surface area contributed by atoms with E-state index in [1.165, 1.54) is 17.2 Å². The van der Waals surface area contributed by atoms with Gasteiger partial charge in [0.25, 0.3) is 0 Å². The number of carboxylic acid groups (broad SMARTS) is 1. The van der Waals surface area contributed by atoms with Crippen molar-refractivity contribution in [2.75, 3.05) is 6.54 Å². The fraction of sp³-hybridized carbons (Fsp3) is 0.333. The fourth-order valence-corrected chi connectivity index (χ4v) is 1.19. The minimum absolute atomic E-state index is 0.0461. The highest BCUT2D eigenvalue weighted by molar-refractivity contribution is 5.87. The molecule has 0 aromatic carbocycles. The van der Waals surface area contributed by atoms with E-state index >= 15 is 0 Å². The SMILES string of the molecule is C=CC=C(NN1CCCC1=O)C(=O)O. The molecule has 2 N–H and O–H groups in total. The number of carbonyl (C=O) groups is 2. The highest BCUT2D eigenvalue weighted by Crippen LogP contribution is 2.07. The van der Waals surface area contributed by atoms with Crippen LogP contribution in [0.1, 0.15) is 12.8 Å². The first kappa shape index (κ1) is 10.3. The van der Waals surface area contributed by atoms with Crippen LogP contribution >= 0.6 is 0 Å². The van der Waals surface area contributed by atoms with Crippen molar-refractivity contribution in [3.63, 3.8) is 0 Å². The largest absolute Gasteiger partial charge is 0.477 e. The molecule has 1 amide bonds. The van der Waals surface area contributed by atoms with Crippen molar-refractivity contribution in [1.29, 1.82) is 0 Å². The van der Waals surface area contributed by atoms with E-state index in [9.17, 15) is 9.59 Å². The molecular weight excluding hydrogens is 184 g/mol. The maximum absolute atomic E-state index is 11.2. The first-order valence-electron chi connectivity index (χ1n) is 4.28. The quantitative estimate of drug-likeness (QED) is 0.500. The van der Waals surface area contributed by atoms with E-state index in [0.717, 1.165) is 6.42 Å². The maximum atomic E-state index is 11.2. The van der Waals surface area contributed by atoms with E-state index < -0.39 is 5.97 Å². The Labute approximate surface area is 81.7 Å². The van der Waals surface area contributed by atoms with Gasteiger partial charge in [-0.3, -0.25) is 15.2 Å². The number of hydrazine groups is 1. The summed E-state index contributed by atoms with van der Waals surface area (Å²) in [6.45, 7) is 3.94. The number of amides is 1. The van der Waals surface area contributed by atoms with Crippen LogP contribution in [-0.2, 0) is 9.59 Å². The molecule has 5 heteroatoms. The summed E-state index contributed by atoms with van der Waals surface area (Å²) >= 11 is 0. The molecule has 0 saturated carbocycles. The third kappa shape index (κ3) is 2.35. The van der Waals surface area contributed by atoms with E-state index in [4.69, 9.17) is 5.11 Å². The molecule has 1 fully saturated rings. The summed E-state index contributed by atoms with van der Waals surface area (Å²) in [5, 5.41) is 10.0. The predicted molar refractivity (Wildman–Crippen MR) is 50.0 cm³/mol. The van der Waals surface area contributed by atoms with Crippen molar-refractivity contribution < 1.29 is 14.7 Å². The number of carboxylic acids is 1.